The molecule has 2 aromatic heterocycles. The van der Waals surface area contributed by atoms with E-state index in [4.69, 9.17) is 0 Å². The van der Waals surface area contributed by atoms with E-state index in [1.54, 1.807) is 18.3 Å². The Morgan fingerprint density at radius 1 is 1.19 bits per heavy atom. The summed E-state index contributed by atoms with van der Waals surface area (Å²) in [7, 11) is 3.59. The maximum atomic E-state index is 13.2. The summed E-state index contributed by atoms with van der Waals surface area (Å²) in [6, 6.07) is 5.58. The maximum Gasteiger partial charge on any atom is 0.257 e. The van der Waals surface area contributed by atoms with E-state index in [0.29, 0.717) is 37.2 Å². The number of rotatable bonds is 2. The van der Waals surface area contributed by atoms with E-state index in [1.165, 1.54) is 16.2 Å². The fraction of sp³-hybridized carbons (Fsp3) is 0.364. The van der Waals surface area contributed by atoms with Gasteiger partial charge in [-0.2, -0.15) is 0 Å². The number of carbonyl (C=O) groups is 3. The molecule has 0 bridgehead atoms. The minimum absolute atomic E-state index is 0.0475. The largest absolute Gasteiger partial charge is 0.334 e. The molecule has 3 amide bonds. The number of thiophene rings is 1. The molecule has 0 saturated carbocycles. The van der Waals surface area contributed by atoms with Crippen molar-refractivity contribution in [2.24, 2.45) is 7.05 Å². The molecule has 0 unspecified atom stereocenters. The molecule has 0 atom stereocenters. The highest BCUT2D eigenvalue weighted by atomic mass is 32.1. The van der Waals surface area contributed by atoms with Crippen LogP contribution in [0.15, 0.2) is 24.5 Å². The van der Waals surface area contributed by atoms with E-state index in [0.717, 1.165) is 26.5 Å². The average Bonchev–Trinajstić information content (AvgIpc) is 3.30. The average molecular weight is 438 g/mol. The molecule has 3 aromatic rings. The number of carbonyl (C=O) groups excluding carboxylic acids is 3. The lowest BCUT2D eigenvalue weighted by Crippen LogP contribution is -2.38. The van der Waals surface area contributed by atoms with Gasteiger partial charge >= 0.3 is 0 Å². The van der Waals surface area contributed by atoms with Crippen LogP contribution < -0.4 is 4.90 Å². The van der Waals surface area contributed by atoms with E-state index < -0.39 is 0 Å². The molecule has 1 aromatic carbocycles. The number of hydrogen-bond acceptors (Lipinski definition) is 5. The maximum absolute atomic E-state index is 13.2. The fourth-order valence-electron chi connectivity index (χ4n) is 4.41. The van der Waals surface area contributed by atoms with Gasteiger partial charge in [0.15, 0.2) is 0 Å². The molecule has 0 spiro atoms. The second-order valence-corrected chi connectivity index (χ2v) is 9.10. The molecule has 0 saturated heterocycles. The zero-order valence-electron chi connectivity index (χ0n) is 17.7. The summed E-state index contributed by atoms with van der Waals surface area (Å²) in [6.07, 6.45) is 2.34. The van der Waals surface area contributed by atoms with Crippen LogP contribution >= 0.6 is 11.3 Å². The standard InChI is InChI=1S/C22H23N5O3S/c1-4-27-18(28)11-24(2)21(30)19-14-7-8-26(10-17(14)31-22(19)27)20(29)13-5-6-16-15(9-13)23-12-25(16)3/h5-6,9,12H,4,7-8,10-11H2,1-3H3. The molecule has 0 aliphatic carbocycles. The van der Waals surface area contributed by atoms with Crippen molar-refractivity contribution in [1.29, 1.82) is 0 Å². The minimum atomic E-state index is -0.114. The van der Waals surface area contributed by atoms with Crippen LogP contribution in [0.3, 0.4) is 0 Å². The van der Waals surface area contributed by atoms with Gasteiger partial charge in [-0.15, -0.1) is 11.3 Å². The van der Waals surface area contributed by atoms with Crippen molar-refractivity contribution in [2.75, 3.05) is 31.6 Å². The molecular formula is C22H23N5O3S. The minimum Gasteiger partial charge on any atom is -0.334 e. The summed E-state index contributed by atoms with van der Waals surface area (Å²) in [6.45, 7) is 3.49. The van der Waals surface area contributed by atoms with Crippen molar-refractivity contribution in [3.8, 4) is 0 Å². The molecule has 4 heterocycles. The zero-order chi connectivity index (χ0) is 21.9. The Balaban J connectivity index is 1.48. The summed E-state index contributed by atoms with van der Waals surface area (Å²) in [5.74, 6) is -0.238. The molecule has 9 heteroatoms. The highest BCUT2D eigenvalue weighted by Gasteiger charge is 2.37. The molecular weight excluding hydrogens is 414 g/mol. The van der Waals surface area contributed by atoms with Crippen molar-refractivity contribution in [2.45, 2.75) is 19.9 Å². The van der Waals surface area contributed by atoms with Gasteiger partial charge in [0.05, 0.1) is 29.5 Å². The van der Waals surface area contributed by atoms with Crippen LogP contribution in [0.5, 0.6) is 0 Å². The summed E-state index contributed by atoms with van der Waals surface area (Å²) in [5, 5.41) is 0.719. The van der Waals surface area contributed by atoms with Crippen molar-refractivity contribution in [1.82, 2.24) is 19.4 Å². The fourth-order valence-corrected chi connectivity index (χ4v) is 5.84. The Morgan fingerprint density at radius 2 is 2.00 bits per heavy atom. The van der Waals surface area contributed by atoms with Crippen LogP contribution in [0.25, 0.3) is 11.0 Å². The Bertz CT molecular complexity index is 1240. The van der Waals surface area contributed by atoms with Crippen LogP contribution in [0.2, 0.25) is 0 Å². The lowest BCUT2D eigenvalue weighted by molar-refractivity contribution is -0.118. The van der Waals surface area contributed by atoms with Gasteiger partial charge in [-0.25, -0.2) is 4.98 Å². The Kier molecular flexibility index (Phi) is 4.58. The first-order valence-electron chi connectivity index (χ1n) is 10.3. The number of fused-ring (bicyclic) bond motifs is 4. The molecule has 0 N–H and O–H groups in total. The van der Waals surface area contributed by atoms with Gasteiger partial charge in [0.2, 0.25) is 5.91 Å². The summed E-state index contributed by atoms with van der Waals surface area (Å²) in [4.78, 5) is 49.2. The van der Waals surface area contributed by atoms with E-state index in [-0.39, 0.29) is 24.3 Å². The van der Waals surface area contributed by atoms with Gasteiger partial charge in [-0.05, 0) is 37.1 Å². The molecule has 2 aliphatic heterocycles. The SMILES string of the molecule is CCN1C(=O)CN(C)C(=O)c2c1sc1c2CCN(C(=O)c2ccc3c(c2)ncn3C)C1. The Hall–Kier alpha value is -3.20. The summed E-state index contributed by atoms with van der Waals surface area (Å²) in [5.41, 5.74) is 3.99. The van der Waals surface area contributed by atoms with E-state index in [9.17, 15) is 14.4 Å². The number of likely N-dealkylation sites (N-methyl/N-ethyl adjacent to an activating group) is 2. The van der Waals surface area contributed by atoms with Crippen molar-refractivity contribution in [3.63, 3.8) is 0 Å². The number of imidazole rings is 1. The first-order chi connectivity index (χ1) is 14.9. The second-order valence-electron chi connectivity index (χ2n) is 8.02. The number of hydrogen-bond donors (Lipinski definition) is 0. The van der Waals surface area contributed by atoms with Gasteiger partial charge in [0.1, 0.15) is 11.5 Å². The predicted molar refractivity (Wildman–Crippen MR) is 118 cm³/mol. The highest BCUT2D eigenvalue weighted by Crippen LogP contribution is 2.41. The molecule has 2 aliphatic rings. The van der Waals surface area contributed by atoms with Crippen LogP contribution in [0, 0.1) is 0 Å². The van der Waals surface area contributed by atoms with Gasteiger partial charge in [-0.1, -0.05) is 0 Å². The van der Waals surface area contributed by atoms with Gasteiger partial charge in [0.25, 0.3) is 11.8 Å². The number of benzene rings is 1. The second kappa shape index (κ2) is 7.19. The lowest BCUT2D eigenvalue weighted by Gasteiger charge is -2.27. The molecule has 160 valence electrons. The third kappa shape index (κ3) is 3.03. The number of nitrogens with zero attached hydrogens (tertiary/aromatic N) is 5. The summed E-state index contributed by atoms with van der Waals surface area (Å²) >= 11 is 1.46. The number of aromatic nitrogens is 2. The Labute approximate surface area is 183 Å². The molecule has 31 heavy (non-hydrogen) atoms. The molecule has 8 nitrogen and oxygen atoms in total. The van der Waals surface area contributed by atoms with Crippen LogP contribution in [-0.4, -0.2) is 63.8 Å². The van der Waals surface area contributed by atoms with Crippen molar-refractivity contribution < 1.29 is 14.4 Å². The molecule has 5 rings (SSSR count). The predicted octanol–water partition coefficient (Wildman–Crippen LogP) is 2.27. The van der Waals surface area contributed by atoms with Crippen molar-refractivity contribution in [3.05, 3.63) is 46.1 Å². The number of amides is 3. The highest BCUT2D eigenvalue weighted by molar-refractivity contribution is 7.17. The monoisotopic (exact) mass is 437 g/mol. The summed E-state index contributed by atoms with van der Waals surface area (Å²) < 4.78 is 1.92. The first-order valence-corrected chi connectivity index (χ1v) is 11.1. The zero-order valence-corrected chi connectivity index (χ0v) is 18.5. The topological polar surface area (TPSA) is 78.8 Å². The first kappa shape index (κ1) is 19.7. The quantitative estimate of drug-likeness (QED) is 0.616. The van der Waals surface area contributed by atoms with Crippen LogP contribution in [-0.2, 0) is 24.8 Å². The van der Waals surface area contributed by atoms with Crippen LogP contribution in [0.4, 0.5) is 5.00 Å². The van der Waals surface area contributed by atoms with Crippen molar-refractivity contribution >= 4 is 45.1 Å². The Morgan fingerprint density at radius 3 is 2.77 bits per heavy atom. The number of anilines is 1. The van der Waals surface area contributed by atoms with E-state index in [1.807, 2.05) is 41.6 Å². The normalized spacial score (nSPS) is 16.5. The third-order valence-corrected chi connectivity index (χ3v) is 7.33. The lowest BCUT2D eigenvalue weighted by atomic mass is 10.0. The van der Waals surface area contributed by atoms with E-state index >= 15 is 0 Å². The van der Waals surface area contributed by atoms with Gasteiger partial charge in [-0.3, -0.25) is 14.4 Å². The van der Waals surface area contributed by atoms with Gasteiger partial charge in [0, 0.05) is 37.6 Å². The van der Waals surface area contributed by atoms with Gasteiger partial charge < -0.3 is 19.3 Å². The number of aryl methyl sites for hydroxylation is 1. The molecule has 0 fully saturated rings. The molecule has 0 radical (unpaired) electrons. The smallest absolute Gasteiger partial charge is 0.257 e. The van der Waals surface area contributed by atoms with E-state index in [2.05, 4.69) is 4.98 Å². The van der Waals surface area contributed by atoms with Crippen LogP contribution in [0.1, 0.15) is 38.1 Å². The third-order valence-electron chi connectivity index (χ3n) is 6.09.